The van der Waals surface area contributed by atoms with Crippen LogP contribution in [0.1, 0.15) is 65.5 Å². The highest BCUT2D eigenvalue weighted by Gasteiger charge is 2.27. The SMILES string of the molecule is Fc1cccc(-c2n[nH]c3cccnc23)c1.O=C(c1cccc(F)c1)c1c(F)ccc[n+]1O.O=C(c1cccc(F)c1)c1ncccc1F.OC(c1cccc(F)c1)c1ncccc1F.[C-]#[N+]c1ccc(F)c(C(=O)c2cccc(F)c2)n1.[C-]#[N+]c1ccc2[nH]nc(-c3cccc(F)c3)c2n1. The number of hydrogen-bond donors (Lipinski definition) is 4. The van der Waals surface area contributed by atoms with Gasteiger partial charge in [0.2, 0.25) is 34.8 Å². The number of aliphatic hydroxyl groups excluding tert-OH is 1. The van der Waals surface area contributed by atoms with Crippen molar-refractivity contribution in [1.29, 1.82) is 0 Å². The number of benzene rings is 6. The first-order valence-corrected chi connectivity index (χ1v) is 29.2. The summed E-state index contributed by atoms with van der Waals surface area (Å²) in [5.41, 5.74) is 4.40. The van der Waals surface area contributed by atoms with Gasteiger partial charge in [0.15, 0.2) is 11.6 Å². The zero-order valence-electron chi connectivity index (χ0n) is 51.5. The molecule has 0 aliphatic rings. The summed E-state index contributed by atoms with van der Waals surface area (Å²) >= 11 is 0. The average Bonchev–Trinajstić information content (AvgIpc) is 1.76. The molecule has 8 aromatic heterocycles. The van der Waals surface area contributed by atoms with Crippen molar-refractivity contribution < 1.29 is 73.3 Å². The van der Waals surface area contributed by atoms with Crippen LogP contribution in [0.2, 0.25) is 0 Å². The fourth-order valence-corrected chi connectivity index (χ4v) is 9.10. The number of halogens is 10. The Morgan fingerprint density at radius 2 is 0.861 bits per heavy atom. The van der Waals surface area contributed by atoms with Gasteiger partial charge in [0.25, 0.3) is 17.4 Å². The van der Waals surface area contributed by atoms with Crippen molar-refractivity contribution >= 4 is 51.1 Å². The predicted molar refractivity (Wildman–Crippen MR) is 347 cm³/mol. The zero-order chi connectivity index (χ0) is 72.1. The Hall–Kier alpha value is -13.8. The van der Waals surface area contributed by atoms with Gasteiger partial charge in [-0.25, -0.2) is 44.5 Å². The third-order valence-corrected chi connectivity index (χ3v) is 13.8. The first kappa shape index (κ1) is 71.5. The molecular formula is C74H45F10N12O5+. The van der Waals surface area contributed by atoms with E-state index in [1.54, 1.807) is 36.5 Å². The van der Waals surface area contributed by atoms with Crippen molar-refractivity contribution in [2.24, 2.45) is 0 Å². The molecule has 27 heteroatoms. The van der Waals surface area contributed by atoms with Gasteiger partial charge in [-0.1, -0.05) is 85.9 Å². The largest absolute Gasteiger partial charge is 0.382 e. The van der Waals surface area contributed by atoms with Gasteiger partial charge >= 0.3 is 5.69 Å². The second kappa shape index (κ2) is 33.7. The predicted octanol–water partition coefficient (Wildman–Crippen LogP) is 16.0. The molecule has 0 fully saturated rings. The Morgan fingerprint density at radius 1 is 0.416 bits per heavy atom. The number of rotatable bonds is 10. The first-order valence-electron chi connectivity index (χ1n) is 29.2. The van der Waals surface area contributed by atoms with E-state index in [1.807, 2.05) is 18.2 Å². The molecule has 8 heterocycles. The van der Waals surface area contributed by atoms with Crippen LogP contribution in [0.5, 0.6) is 0 Å². The Bertz CT molecular complexity index is 5400. The molecule has 1 atom stereocenters. The van der Waals surface area contributed by atoms with Crippen LogP contribution in [0.4, 0.5) is 55.5 Å². The van der Waals surface area contributed by atoms with E-state index in [9.17, 15) is 68.6 Å². The summed E-state index contributed by atoms with van der Waals surface area (Å²) in [5, 5.41) is 33.2. The fraction of sp³-hybridized carbons (Fsp3) is 0.0135. The smallest absolute Gasteiger partial charge is 0.340 e. The van der Waals surface area contributed by atoms with Crippen molar-refractivity contribution in [2.75, 3.05) is 0 Å². The Kier molecular flexibility index (Phi) is 23.9. The number of carbonyl (C=O) groups is 3. The minimum absolute atomic E-state index is 0.0106. The molecule has 0 amide bonds. The molecule has 17 nitrogen and oxygen atoms in total. The number of carbonyl (C=O) groups excluding carboxylic acids is 3. The molecule has 0 radical (unpaired) electrons. The summed E-state index contributed by atoms with van der Waals surface area (Å²) in [5.74, 6) is -7.81. The number of pyridine rings is 6. The summed E-state index contributed by atoms with van der Waals surface area (Å²) < 4.78 is 132. The summed E-state index contributed by atoms with van der Waals surface area (Å²) in [6, 6.07) is 49.3. The normalized spacial score (nSPS) is 10.6. The van der Waals surface area contributed by atoms with Crippen molar-refractivity contribution in [2.45, 2.75) is 6.10 Å². The van der Waals surface area contributed by atoms with Crippen molar-refractivity contribution in [3.8, 4) is 22.5 Å². The van der Waals surface area contributed by atoms with Gasteiger partial charge in [0, 0.05) is 57.2 Å². The Labute approximate surface area is 565 Å². The van der Waals surface area contributed by atoms with Gasteiger partial charge in [0.05, 0.1) is 5.52 Å². The number of ketones is 3. The maximum absolute atomic E-state index is 13.5. The highest BCUT2D eigenvalue weighted by Crippen LogP contribution is 2.29. The number of nitrogens with zero attached hydrogens (tertiary/aromatic N) is 10. The molecule has 14 aromatic rings. The monoisotopic (exact) mass is 1370 g/mol. The highest BCUT2D eigenvalue weighted by molar-refractivity contribution is 6.09. The Balaban J connectivity index is 0.000000141. The maximum Gasteiger partial charge on any atom is 0.340 e. The van der Waals surface area contributed by atoms with Crippen LogP contribution >= 0.6 is 0 Å². The number of fused-ring (bicyclic) bond motifs is 2. The van der Waals surface area contributed by atoms with Gasteiger partial charge in [-0.05, 0) is 145 Å². The lowest BCUT2D eigenvalue weighted by Crippen LogP contribution is -2.38. The van der Waals surface area contributed by atoms with Gasteiger partial charge in [-0.15, -0.1) is 9.97 Å². The Morgan fingerprint density at radius 3 is 1.40 bits per heavy atom. The quantitative estimate of drug-likeness (QED) is 0.0330. The van der Waals surface area contributed by atoms with E-state index in [0.717, 1.165) is 70.8 Å². The topological polar surface area (TPSA) is 226 Å². The van der Waals surface area contributed by atoms with Gasteiger partial charge in [0.1, 0.15) is 80.6 Å². The molecule has 101 heavy (non-hydrogen) atoms. The van der Waals surface area contributed by atoms with Gasteiger partial charge in [-0.3, -0.25) is 39.8 Å². The molecule has 500 valence electrons. The van der Waals surface area contributed by atoms with Gasteiger partial charge < -0.3 is 14.8 Å². The van der Waals surface area contributed by atoms with E-state index in [1.165, 1.54) is 140 Å². The van der Waals surface area contributed by atoms with Crippen LogP contribution in [0, 0.1) is 71.3 Å². The number of nitrogens with one attached hydrogen (secondary N) is 2. The molecule has 4 N–H and O–H groups in total. The van der Waals surface area contributed by atoms with Crippen LogP contribution in [0.15, 0.2) is 243 Å². The molecule has 0 aliphatic heterocycles. The van der Waals surface area contributed by atoms with Gasteiger partial charge in [-0.2, -0.15) is 14.6 Å². The minimum Gasteiger partial charge on any atom is -0.382 e. The molecule has 0 bridgehead atoms. The zero-order valence-corrected chi connectivity index (χ0v) is 51.5. The lowest BCUT2D eigenvalue weighted by atomic mass is 10.1. The van der Waals surface area contributed by atoms with Crippen LogP contribution in [-0.2, 0) is 0 Å². The van der Waals surface area contributed by atoms with E-state index in [4.69, 9.17) is 13.1 Å². The third-order valence-electron chi connectivity index (χ3n) is 13.8. The second-order valence-electron chi connectivity index (χ2n) is 20.6. The van der Waals surface area contributed by atoms with E-state index in [-0.39, 0.29) is 51.1 Å². The average molecular weight is 1370 g/mol. The van der Waals surface area contributed by atoms with Crippen molar-refractivity contribution in [3.63, 3.8) is 0 Å². The molecule has 0 aliphatic carbocycles. The summed E-state index contributed by atoms with van der Waals surface area (Å²) in [7, 11) is 0. The lowest BCUT2D eigenvalue weighted by Gasteiger charge is -2.10. The summed E-state index contributed by atoms with van der Waals surface area (Å²) in [6.45, 7) is 13.7. The standard InChI is InChI=1S/C13H6F2N2O.C13H7FN4.C12H8F2NO2.C12H9F2NO.C12H7F2NO.C12H8FN3/c1-16-11-6-5-10(15)12(17-11)13(18)8-3-2-4-9(14)7-8;1-15-11-6-5-10-13(16-11)12(18-17-10)8-3-2-4-9(14)7-8;13-9-4-1-3-8(7-9)12(16)11-10(14)5-2-6-15(11)17;2*13-9-4-1-3-8(7-9)12(16)11-10(14)5-2-6-15-11;13-9-4-1-3-8(7-9)11-12-10(15-16-11)5-2-6-14-12/h2-7H;2-7H,(H,17,18);1-7,17H;1-7,12,16H;1-7H;1-7H,(H,15,16)/q;;+1;;;. The summed E-state index contributed by atoms with van der Waals surface area (Å²) in [4.78, 5) is 61.2. The first-order chi connectivity index (χ1) is 48.7. The minimum atomic E-state index is -1.25. The van der Waals surface area contributed by atoms with Crippen LogP contribution in [0.3, 0.4) is 0 Å². The highest BCUT2D eigenvalue weighted by atomic mass is 19.2. The molecule has 0 saturated heterocycles. The number of hydrogen-bond acceptors (Lipinski definition) is 12. The number of aliphatic hydroxyl groups is 1. The molecule has 1 unspecified atom stereocenters. The molecule has 0 saturated carbocycles. The van der Waals surface area contributed by atoms with E-state index in [0.29, 0.717) is 33.0 Å². The molecular weight excluding hydrogens is 1330 g/mol. The second-order valence-corrected chi connectivity index (χ2v) is 20.6. The van der Waals surface area contributed by atoms with Crippen molar-refractivity contribution in [1.82, 2.24) is 45.3 Å². The summed E-state index contributed by atoms with van der Waals surface area (Å²) in [6.07, 6.45) is 4.25. The maximum atomic E-state index is 13.5. The third kappa shape index (κ3) is 18.6. The van der Waals surface area contributed by atoms with Crippen LogP contribution in [0.25, 0.3) is 54.3 Å². The van der Waals surface area contributed by atoms with Crippen LogP contribution in [-0.4, -0.2) is 73.0 Å². The lowest BCUT2D eigenvalue weighted by molar-refractivity contribution is -0.906. The number of aromatic nitrogens is 10. The molecule has 6 aromatic carbocycles. The number of aromatic amines is 2. The van der Waals surface area contributed by atoms with E-state index < -0.39 is 81.4 Å². The fourth-order valence-electron chi connectivity index (χ4n) is 9.10. The van der Waals surface area contributed by atoms with Crippen molar-refractivity contribution in [3.05, 3.63) is 369 Å². The molecule has 14 rings (SSSR count). The van der Waals surface area contributed by atoms with E-state index in [2.05, 4.69) is 55.0 Å². The van der Waals surface area contributed by atoms with Crippen LogP contribution < -0.4 is 4.73 Å². The molecule has 0 spiro atoms. The van der Waals surface area contributed by atoms with E-state index >= 15 is 0 Å². The number of H-pyrrole nitrogens is 2.